The quantitative estimate of drug-likeness (QED) is 0.448. The molecule has 0 aliphatic heterocycles. The Morgan fingerprint density at radius 1 is 1.60 bits per heavy atom. The zero-order valence-corrected chi connectivity index (χ0v) is 2.59. The van der Waals surface area contributed by atoms with Crippen molar-refractivity contribution in [1.29, 1.82) is 0 Å². The minimum Gasteiger partial charge on any atom is -0.452 e. The van der Waals surface area contributed by atoms with Gasteiger partial charge in [-0.1, -0.05) is 0 Å². The van der Waals surface area contributed by atoms with E-state index in [1.54, 1.807) is 6.20 Å². The van der Waals surface area contributed by atoms with Gasteiger partial charge >= 0.3 is 0 Å². The molecule has 0 unspecified atom stereocenters. The lowest BCUT2D eigenvalue weighted by Gasteiger charge is -1.47. The van der Waals surface area contributed by atoms with E-state index in [0.717, 1.165) is 0 Å². The van der Waals surface area contributed by atoms with Crippen molar-refractivity contribution in [3.05, 3.63) is 18.9 Å². The van der Waals surface area contributed by atoms with Gasteiger partial charge in [0.15, 0.2) is 6.39 Å². The molecule has 5 heavy (non-hydrogen) atoms. The molecule has 0 spiro atoms. The van der Waals surface area contributed by atoms with Crippen LogP contribution in [0.1, 0.15) is 0 Å². The van der Waals surface area contributed by atoms with Crippen molar-refractivity contribution >= 4 is 0 Å². The molecule has 0 amide bonds. The van der Waals surface area contributed by atoms with Crippen LogP contribution >= 0.6 is 0 Å². The molecule has 0 bridgehead atoms. The minimum atomic E-state index is 1.38. The first-order valence-corrected chi connectivity index (χ1v) is 1.32. The molecule has 2 heteroatoms. The molecule has 1 rings (SSSR count). The molecule has 0 aliphatic carbocycles. The summed E-state index contributed by atoms with van der Waals surface area (Å²) in [6.45, 7) is 0. The fraction of sp³-hybridized carbons (Fsp3) is 0. The van der Waals surface area contributed by atoms with E-state index in [1.165, 1.54) is 12.7 Å². The van der Waals surface area contributed by atoms with Gasteiger partial charge in [0, 0.05) is 0 Å². The third-order valence-corrected chi connectivity index (χ3v) is 0.347. The van der Waals surface area contributed by atoms with Gasteiger partial charge in [0.05, 0.1) is 6.20 Å². The third kappa shape index (κ3) is 0.265. The Labute approximate surface area is 29.4 Å². The smallest absolute Gasteiger partial charge is 0.180 e. The maximum atomic E-state index is 4.47. The summed E-state index contributed by atoms with van der Waals surface area (Å²) in [5.41, 5.74) is 0. The van der Waals surface area contributed by atoms with Crippen molar-refractivity contribution in [2.75, 3.05) is 0 Å². The summed E-state index contributed by atoms with van der Waals surface area (Å²) in [5.74, 6) is 0. The molecule has 2 nitrogen and oxygen atoms in total. The molecule has 0 saturated heterocycles. The highest BCUT2D eigenvalue weighted by molar-refractivity contribution is 4.56. The van der Waals surface area contributed by atoms with Crippen molar-refractivity contribution in [2.24, 2.45) is 0 Å². The van der Waals surface area contributed by atoms with Crippen LogP contribution in [0.5, 0.6) is 0 Å². The molecule has 0 N–H and O–H groups in total. The number of hydrogen-bond donors (Lipinski definition) is 0. The molecule has 0 aliphatic rings. The first-order valence-electron chi connectivity index (χ1n) is 1.32. The molecule has 0 aromatic carbocycles. The summed E-state index contributed by atoms with van der Waals surface area (Å²) in [5, 5.41) is 0. The fourth-order valence-corrected chi connectivity index (χ4v) is 0.176. The standard InChI is InChI=1S/C3H3NO/c1-2-5-3-4-1/h1-3H/i3+1. The summed E-state index contributed by atoms with van der Waals surface area (Å²) in [7, 11) is 0. The molecular formula is C3H3NO. The van der Waals surface area contributed by atoms with Crippen LogP contribution < -0.4 is 0 Å². The summed E-state index contributed by atoms with van der Waals surface area (Å²) in [4.78, 5) is 3.56. The highest BCUT2D eigenvalue weighted by Crippen LogP contribution is 1.72. The SMILES string of the molecule is c1co[13cH]n1. The van der Waals surface area contributed by atoms with Gasteiger partial charge in [-0.05, 0) is 0 Å². The number of nitrogens with zero attached hydrogens (tertiary/aromatic N) is 1. The molecule has 0 saturated carbocycles. The van der Waals surface area contributed by atoms with Crippen LogP contribution in [0.4, 0.5) is 0 Å². The maximum Gasteiger partial charge on any atom is 0.180 e. The van der Waals surface area contributed by atoms with Crippen LogP contribution in [-0.2, 0) is 0 Å². The molecule has 1 aromatic heterocycles. The Morgan fingerprint density at radius 2 is 2.60 bits per heavy atom. The summed E-state index contributed by atoms with van der Waals surface area (Å²) in [6, 6.07) is 0. The predicted molar refractivity (Wildman–Crippen MR) is 16.5 cm³/mol. The van der Waals surface area contributed by atoms with Gasteiger partial charge in [-0.2, -0.15) is 0 Å². The van der Waals surface area contributed by atoms with Crippen LogP contribution in [0, 0.1) is 0 Å². The second-order valence-electron chi connectivity index (χ2n) is 0.676. The number of aromatic nitrogens is 1. The molecule has 26 valence electrons. The van der Waals surface area contributed by atoms with Crippen LogP contribution in [0.3, 0.4) is 0 Å². The van der Waals surface area contributed by atoms with Crippen LogP contribution in [0.15, 0.2) is 23.3 Å². The van der Waals surface area contributed by atoms with Gasteiger partial charge in [-0.15, -0.1) is 0 Å². The van der Waals surface area contributed by atoms with E-state index in [9.17, 15) is 0 Å². The van der Waals surface area contributed by atoms with Gasteiger partial charge in [0.25, 0.3) is 0 Å². The first kappa shape index (κ1) is 2.45. The van der Waals surface area contributed by atoms with Gasteiger partial charge in [-0.25, -0.2) is 4.98 Å². The van der Waals surface area contributed by atoms with Gasteiger partial charge in [0.2, 0.25) is 0 Å². The number of rotatable bonds is 0. The zero-order valence-electron chi connectivity index (χ0n) is 2.59. The van der Waals surface area contributed by atoms with E-state index in [0.29, 0.717) is 0 Å². The Bertz CT molecular complexity index is 63.4. The zero-order chi connectivity index (χ0) is 3.54. The van der Waals surface area contributed by atoms with E-state index in [4.69, 9.17) is 0 Å². The van der Waals surface area contributed by atoms with E-state index in [-0.39, 0.29) is 0 Å². The van der Waals surface area contributed by atoms with E-state index in [1.807, 2.05) is 0 Å². The van der Waals surface area contributed by atoms with Crippen molar-refractivity contribution in [2.45, 2.75) is 0 Å². The molecule has 1 heterocycles. The largest absolute Gasteiger partial charge is 0.452 e. The molecule has 0 atom stereocenters. The van der Waals surface area contributed by atoms with Crippen LogP contribution in [-0.4, -0.2) is 4.98 Å². The topological polar surface area (TPSA) is 26.0 Å². The lowest BCUT2D eigenvalue weighted by molar-refractivity contribution is 0.558. The monoisotopic (exact) mass is 70.0 g/mol. The highest BCUT2D eigenvalue weighted by Gasteiger charge is 1.59. The minimum absolute atomic E-state index is 1.38. The second-order valence-corrected chi connectivity index (χ2v) is 0.676. The van der Waals surface area contributed by atoms with Gasteiger partial charge in [-0.3, -0.25) is 0 Å². The lowest BCUT2D eigenvalue weighted by Crippen LogP contribution is -1.38. The number of oxazole rings is 1. The first-order chi connectivity index (χ1) is 2.50. The van der Waals surface area contributed by atoms with E-state index in [2.05, 4.69) is 9.40 Å². The fourth-order valence-electron chi connectivity index (χ4n) is 0.176. The normalized spacial score (nSPS) is 8.00. The van der Waals surface area contributed by atoms with Crippen molar-refractivity contribution in [3.63, 3.8) is 0 Å². The maximum absolute atomic E-state index is 4.47. The van der Waals surface area contributed by atoms with E-state index < -0.39 is 0 Å². The lowest BCUT2D eigenvalue weighted by atomic mass is 11.0. The van der Waals surface area contributed by atoms with Crippen LogP contribution in [0.2, 0.25) is 0 Å². The van der Waals surface area contributed by atoms with Gasteiger partial charge < -0.3 is 4.42 Å². The molecule has 1 aromatic rings. The Hall–Kier alpha value is -0.790. The second kappa shape index (κ2) is 0.885. The van der Waals surface area contributed by atoms with Crippen LogP contribution in [0.25, 0.3) is 0 Å². The molecular weight excluding hydrogens is 67.0 g/mol. The summed E-state index contributed by atoms with van der Waals surface area (Å²) < 4.78 is 4.47. The highest BCUT2D eigenvalue weighted by atomic mass is 16.4. The summed E-state index contributed by atoms with van der Waals surface area (Å²) in [6.07, 6.45) is 4.47. The Kier molecular flexibility index (Phi) is 0.433. The summed E-state index contributed by atoms with van der Waals surface area (Å²) >= 11 is 0. The average molecular weight is 70.1 g/mol. The predicted octanol–water partition coefficient (Wildman–Crippen LogP) is 0.675. The average Bonchev–Trinajstić information content (AvgIpc) is 1.76. The third-order valence-electron chi connectivity index (χ3n) is 0.347. The molecule has 0 fully saturated rings. The van der Waals surface area contributed by atoms with E-state index >= 15 is 0 Å². The van der Waals surface area contributed by atoms with Crippen molar-refractivity contribution < 1.29 is 4.42 Å². The Balaban J connectivity index is 3.13. The number of hydrogen-bond acceptors (Lipinski definition) is 2. The van der Waals surface area contributed by atoms with Crippen molar-refractivity contribution in [3.8, 4) is 0 Å². The van der Waals surface area contributed by atoms with Crippen molar-refractivity contribution in [1.82, 2.24) is 4.98 Å². The Morgan fingerprint density at radius 3 is 2.80 bits per heavy atom. The van der Waals surface area contributed by atoms with Gasteiger partial charge in [0.1, 0.15) is 6.26 Å². The molecule has 0 radical (unpaired) electrons.